The van der Waals surface area contributed by atoms with E-state index in [0.29, 0.717) is 23.3 Å². The zero-order chi connectivity index (χ0) is 18.1. The van der Waals surface area contributed by atoms with Crippen LogP contribution in [0.3, 0.4) is 0 Å². The van der Waals surface area contributed by atoms with Gasteiger partial charge in [0.15, 0.2) is 11.6 Å². The number of nitrogens with one attached hydrogen (secondary N) is 1. The van der Waals surface area contributed by atoms with E-state index in [-0.39, 0.29) is 31.2 Å². The summed E-state index contributed by atoms with van der Waals surface area (Å²) in [7, 11) is 1.73. The number of ether oxygens (including phenoxy) is 2. The molecule has 1 aromatic carbocycles. The first kappa shape index (κ1) is 17.5. The molecule has 1 aromatic heterocycles. The van der Waals surface area contributed by atoms with E-state index in [9.17, 15) is 18.4 Å². The van der Waals surface area contributed by atoms with Crippen molar-refractivity contribution in [2.45, 2.75) is 26.1 Å². The summed E-state index contributed by atoms with van der Waals surface area (Å²) in [4.78, 5) is 23.8. The average molecular weight is 352 g/mol. The largest absolute Gasteiger partial charge is 0.464 e. The van der Waals surface area contributed by atoms with Crippen LogP contribution in [0, 0.1) is 11.6 Å². The fourth-order valence-electron chi connectivity index (χ4n) is 3.16. The second-order valence-electron chi connectivity index (χ2n) is 5.83. The number of benzene rings is 1. The van der Waals surface area contributed by atoms with Crippen LogP contribution in [0.25, 0.3) is 10.8 Å². The Morgan fingerprint density at radius 3 is 2.68 bits per heavy atom. The van der Waals surface area contributed by atoms with Crippen LogP contribution in [0.5, 0.6) is 0 Å². The molecule has 0 amide bonds. The van der Waals surface area contributed by atoms with E-state index < -0.39 is 23.2 Å². The molecule has 0 saturated carbocycles. The second kappa shape index (κ2) is 6.89. The fraction of sp³-hybridized carbons (Fsp3) is 0.412. The summed E-state index contributed by atoms with van der Waals surface area (Å²) in [6.45, 7) is 1.89. The van der Waals surface area contributed by atoms with Crippen LogP contribution in [0.1, 0.15) is 24.2 Å². The van der Waals surface area contributed by atoms with Crippen LogP contribution >= 0.6 is 0 Å². The Morgan fingerprint density at radius 1 is 1.36 bits per heavy atom. The molecule has 2 aromatic rings. The maximum atomic E-state index is 13.8. The second-order valence-corrected chi connectivity index (χ2v) is 5.83. The maximum absolute atomic E-state index is 13.8. The van der Waals surface area contributed by atoms with Crippen LogP contribution in [-0.4, -0.2) is 30.8 Å². The molecule has 0 radical (unpaired) electrons. The van der Waals surface area contributed by atoms with Gasteiger partial charge in [0.2, 0.25) is 0 Å². The molecule has 8 heteroatoms. The van der Waals surface area contributed by atoms with Gasteiger partial charge in [0.25, 0.3) is 5.56 Å². The molecule has 25 heavy (non-hydrogen) atoms. The van der Waals surface area contributed by atoms with Gasteiger partial charge >= 0.3 is 5.97 Å². The van der Waals surface area contributed by atoms with Gasteiger partial charge in [-0.05, 0) is 24.6 Å². The molecule has 1 aliphatic rings. The number of nitrogens with zero attached hydrogens (tertiary/aromatic N) is 1. The highest BCUT2D eigenvalue weighted by Gasteiger charge is 2.27. The number of likely N-dealkylation sites (N-methyl/N-ethyl adjacent to an activating group) is 1. The monoisotopic (exact) mass is 352 g/mol. The Morgan fingerprint density at radius 2 is 2.04 bits per heavy atom. The summed E-state index contributed by atoms with van der Waals surface area (Å²) in [6, 6.07) is 1.70. The number of hydrogen-bond acceptors (Lipinski definition) is 5. The van der Waals surface area contributed by atoms with Gasteiger partial charge in [-0.25, -0.2) is 8.78 Å². The van der Waals surface area contributed by atoms with Crippen molar-refractivity contribution in [1.29, 1.82) is 0 Å². The molecule has 1 atom stereocenters. The van der Waals surface area contributed by atoms with E-state index in [1.165, 1.54) is 11.5 Å². The van der Waals surface area contributed by atoms with Gasteiger partial charge in [-0.2, -0.15) is 0 Å². The van der Waals surface area contributed by atoms with E-state index >= 15 is 0 Å². The van der Waals surface area contributed by atoms with Crippen LogP contribution < -0.4 is 10.9 Å². The highest BCUT2D eigenvalue weighted by Crippen LogP contribution is 2.31. The molecule has 6 nitrogen and oxygen atoms in total. The Kier molecular flexibility index (Phi) is 4.82. The minimum atomic E-state index is -1.08. The molecule has 0 bridgehead atoms. The number of carbonyl (C=O) groups is 1. The van der Waals surface area contributed by atoms with Crippen LogP contribution in [0.15, 0.2) is 16.9 Å². The third-order valence-electron chi connectivity index (χ3n) is 4.30. The first-order valence-electron chi connectivity index (χ1n) is 7.86. The molecule has 0 aliphatic carbocycles. The third kappa shape index (κ3) is 3.14. The molecule has 1 N–H and O–H groups in total. The number of fused-ring (bicyclic) bond motifs is 3. The number of aromatic nitrogens is 1. The predicted molar refractivity (Wildman–Crippen MR) is 86.2 cm³/mol. The summed E-state index contributed by atoms with van der Waals surface area (Å²) in [5.41, 5.74) is 0.798. The van der Waals surface area contributed by atoms with Crippen molar-refractivity contribution in [3.05, 3.63) is 45.4 Å². The van der Waals surface area contributed by atoms with E-state index in [4.69, 9.17) is 9.47 Å². The zero-order valence-corrected chi connectivity index (χ0v) is 13.9. The molecule has 0 unspecified atom stereocenters. The molecular weight excluding hydrogens is 334 g/mol. The molecule has 3 rings (SSSR count). The summed E-state index contributed by atoms with van der Waals surface area (Å²) in [6.07, 6.45) is 0. The molecular formula is C17H18F2N2O4. The molecule has 134 valence electrons. The number of rotatable bonds is 4. The molecule has 1 aliphatic heterocycles. The molecule has 2 heterocycles. The lowest BCUT2D eigenvalue weighted by molar-refractivity contribution is -0.141. The highest BCUT2D eigenvalue weighted by atomic mass is 19.2. The van der Waals surface area contributed by atoms with Crippen molar-refractivity contribution >= 4 is 16.7 Å². The van der Waals surface area contributed by atoms with Crippen LogP contribution in [0.4, 0.5) is 8.78 Å². The Balaban J connectivity index is 2.25. The van der Waals surface area contributed by atoms with Gasteiger partial charge in [-0.15, -0.1) is 0 Å². The van der Waals surface area contributed by atoms with Crippen molar-refractivity contribution < 1.29 is 23.0 Å². The van der Waals surface area contributed by atoms with Gasteiger partial charge in [-0.3, -0.25) is 9.59 Å². The van der Waals surface area contributed by atoms with E-state index in [1.54, 1.807) is 7.05 Å². The quantitative estimate of drug-likeness (QED) is 0.847. The SMILES string of the molecule is CN[C@@H]1COCc2c1c1cc(F)c(F)cc1c(=O)n2CCOC(C)=O. The van der Waals surface area contributed by atoms with Crippen LogP contribution in [0.2, 0.25) is 0 Å². The number of carbonyl (C=O) groups excluding carboxylic acids is 1. The number of hydrogen-bond donors (Lipinski definition) is 1. The smallest absolute Gasteiger partial charge is 0.302 e. The van der Waals surface area contributed by atoms with Crippen molar-refractivity contribution in [3.8, 4) is 0 Å². The Bertz CT molecular complexity index is 895. The predicted octanol–water partition coefficient (Wildman–Crippen LogP) is 1.63. The lowest BCUT2D eigenvalue weighted by Gasteiger charge is -2.29. The van der Waals surface area contributed by atoms with Crippen molar-refractivity contribution in [3.63, 3.8) is 0 Å². The number of halogens is 2. The minimum absolute atomic E-state index is 0.00108. The summed E-state index contributed by atoms with van der Waals surface area (Å²) in [5, 5.41) is 3.52. The lowest BCUT2D eigenvalue weighted by Crippen LogP contribution is -2.35. The molecule has 0 saturated heterocycles. The Hall–Kier alpha value is -2.32. The number of esters is 1. The van der Waals surface area contributed by atoms with Gasteiger partial charge in [0, 0.05) is 12.5 Å². The average Bonchev–Trinajstić information content (AvgIpc) is 2.58. The van der Waals surface area contributed by atoms with Gasteiger partial charge < -0.3 is 19.4 Å². The Labute approximate surface area is 142 Å². The zero-order valence-electron chi connectivity index (χ0n) is 13.9. The van der Waals surface area contributed by atoms with E-state index in [0.717, 1.165) is 12.1 Å². The highest BCUT2D eigenvalue weighted by molar-refractivity contribution is 5.86. The van der Waals surface area contributed by atoms with Crippen molar-refractivity contribution in [1.82, 2.24) is 9.88 Å². The van der Waals surface area contributed by atoms with E-state index in [1.807, 2.05) is 0 Å². The van der Waals surface area contributed by atoms with Gasteiger partial charge in [0.05, 0.1) is 36.9 Å². The van der Waals surface area contributed by atoms with Crippen LogP contribution in [-0.2, 0) is 27.4 Å². The summed E-state index contributed by atoms with van der Waals surface area (Å²) in [5.74, 6) is -2.54. The first-order chi connectivity index (χ1) is 11.9. The van der Waals surface area contributed by atoms with Crippen molar-refractivity contribution in [2.24, 2.45) is 0 Å². The first-order valence-corrected chi connectivity index (χ1v) is 7.86. The van der Waals surface area contributed by atoms with Crippen molar-refractivity contribution in [2.75, 3.05) is 20.3 Å². The normalized spacial score (nSPS) is 16.7. The maximum Gasteiger partial charge on any atom is 0.302 e. The summed E-state index contributed by atoms with van der Waals surface area (Å²) < 4.78 is 39.3. The molecule has 0 fully saturated rings. The fourth-order valence-corrected chi connectivity index (χ4v) is 3.16. The van der Waals surface area contributed by atoms with Gasteiger partial charge in [0.1, 0.15) is 6.61 Å². The van der Waals surface area contributed by atoms with E-state index in [2.05, 4.69) is 5.32 Å². The van der Waals surface area contributed by atoms with Gasteiger partial charge in [-0.1, -0.05) is 0 Å². The number of pyridine rings is 1. The summed E-state index contributed by atoms with van der Waals surface area (Å²) >= 11 is 0. The lowest BCUT2D eigenvalue weighted by atomic mass is 9.96. The molecule has 0 spiro atoms. The third-order valence-corrected chi connectivity index (χ3v) is 4.30. The standard InChI is InChI=1S/C17H18F2N2O4/c1-9(22)25-4-3-21-15-8-24-7-14(20-2)16(15)10-5-12(18)13(19)6-11(10)17(21)23/h5-6,14,20H,3-4,7-8H2,1-2H3/t14-/m1/s1. The minimum Gasteiger partial charge on any atom is -0.464 e. The topological polar surface area (TPSA) is 69.6 Å².